The second kappa shape index (κ2) is 7.96. The molecule has 0 aliphatic carbocycles. The fraction of sp³-hybridized carbons (Fsp3) is 0.200. The zero-order valence-electron chi connectivity index (χ0n) is 15.2. The van der Waals surface area contributed by atoms with E-state index in [0.717, 1.165) is 43.4 Å². The van der Waals surface area contributed by atoms with E-state index in [-0.39, 0.29) is 15.8 Å². The molecule has 2 heterocycles. The van der Waals surface area contributed by atoms with Crippen LogP contribution in [0.3, 0.4) is 0 Å². The number of para-hydroxylation sites is 2. The van der Waals surface area contributed by atoms with Crippen molar-refractivity contribution in [2.24, 2.45) is 0 Å². The van der Waals surface area contributed by atoms with E-state index in [9.17, 15) is 20.0 Å². The molecule has 3 aromatic rings. The average molecular weight is 410 g/mol. The lowest BCUT2D eigenvalue weighted by Gasteiger charge is -2.20. The number of nitrogens with zero attached hydrogens (tertiary/aromatic N) is 3. The van der Waals surface area contributed by atoms with Gasteiger partial charge in [0, 0.05) is 41.4 Å². The molecule has 1 aliphatic heterocycles. The molecule has 0 radical (unpaired) electrons. The number of aromatic nitrogens is 1. The van der Waals surface area contributed by atoms with Crippen molar-refractivity contribution in [1.29, 1.82) is 0 Å². The van der Waals surface area contributed by atoms with Crippen LogP contribution in [-0.2, 0) is 4.79 Å². The number of benzene rings is 2. The summed E-state index contributed by atoms with van der Waals surface area (Å²) in [5.74, 6) is -1.41. The Morgan fingerprint density at radius 2 is 1.97 bits per heavy atom. The van der Waals surface area contributed by atoms with Crippen molar-refractivity contribution in [1.82, 2.24) is 4.98 Å². The summed E-state index contributed by atoms with van der Waals surface area (Å²) < 4.78 is 5.58. The highest BCUT2D eigenvalue weighted by Gasteiger charge is 2.19. The molecule has 1 fully saturated rings. The van der Waals surface area contributed by atoms with Crippen LogP contribution in [0, 0.1) is 10.1 Å². The molecule has 0 spiro atoms. The number of hydrogen-bond acceptors (Lipinski definition) is 8. The summed E-state index contributed by atoms with van der Waals surface area (Å²) in [4.78, 5) is 28.7. The highest BCUT2D eigenvalue weighted by atomic mass is 32.2. The van der Waals surface area contributed by atoms with E-state index in [2.05, 4.69) is 9.88 Å². The van der Waals surface area contributed by atoms with Gasteiger partial charge in [0.25, 0.3) is 10.9 Å². The molecule has 9 heteroatoms. The number of nitro benzene ring substituents is 1. The molecule has 2 aromatic carbocycles. The number of carbonyl (C=O) groups excluding carboxylic acids is 1. The van der Waals surface area contributed by atoms with Crippen LogP contribution in [0.5, 0.6) is 0 Å². The van der Waals surface area contributed by atoms with Gasteiger partial charge in [-0.1, -0.05) is 12.1 Å². The van der Waals surface area contributed by atoms with Gasteiger partial charge in [-0.25, -0.2) is 4.98 Å². The number of anilines is 1. The van der Waals surface area contributed by atoms with Gasteiger partial charge in [-0.2, -0.15) is 0 Å². The molecule has 0 saturated carbocycles. The summed E-state index contributed by atoms with van der Waals surface area (Å²) in [5, 5.41) is 23.1. The Morgan fingerprint density at radius 3 is 2.66 bits per heavy atom. The van der Waals surface area contributed by atoms with Crippen molar-refractivity contribution < 1.29 is 19.2 Å². The van der Waals surface area contributed by atoms with Crippen LogP contribution in [0.4, 0.5) is 11.4 Å². The van der Waals surface area contributed by atoms with Crippen LogP contribution < -0.4 is 10.0 Å². The zero-order chi connectivity index (χ0) is 20.4. The van der Waals surface area contributed by atoms with Crippen molar-refractivity contribution >= 4 is 46.3 Å². The topological polar surface area (TPSA) is 113 Å². The van der Waals surface area contributed by atoms with Gasteiger partial charge in [0.05, 0.1) is 10.9 Å². The third-order valence-electron chi connectivity index (χ3n) is 4.63. The molecule has 1 saturated heterocycles. The van der Waals surface area contributed by atoms with Crippen LogP contribution in [0.2, 0.25) is 0 Å². The number of aliphatic carboxylic acids is 1. The number of oxazole rings is 1. The van der Waals surface area contributed by atoms with Crippen LogP contribution >= 0.6 is 11.8 Å². The smallest absolute Gasteiger partial charge is 0.270 e. The minimum Gasteiger partial charge on any atom is -0.544 e. The van der Waals surface area contributed by atoms with Crippen molar-refractivity contribution in [3.63, 3.8) is 0 Å². The normalized spacial score (nSPS) is 14.5. The van der Waals surface area contributed by atoms with Gasteiger partial charge >= 0.3 is 0 Å². The third kappa shape index (κ3) is 4.09. The fourth-order valence-electron chi connectivity index (χ4n) is 3.28. The maximum atomic E-state index is 11.8. The number of carbonyl (C=O) groups is 1. The molecular weight excluding hydrogens is 394 g/mol. The molecule has 8 nitrogen and oxygen atoms in total. The van der Waals surface area contributed by atoms with Crippen molar-refractivity contribution in [3.8, 4) is 0 Å². The predicted octanol–water partition coefficient (Wildman–Crippen LogP) is 3.22. The minimum atomic E-state index is -1.41. The molecule has 29 heavy (non-hydrogen) atoms. The molecule has 148 valence electrons. The minimum absolute atomic E-state index is 0.108. The van der Waals surface area contributed by atoms with E-state index in [1.165, 1.54) is 18.2 Å². The summed E-state index contributed by atoms with van der Waals surface area (Å²) >= 11 is 0.816. The number of non-ortho nitro benzene ring substituents is 1. The Kier molecular flexibility index (Phi) is 5.22. The maximum Gasteiger partial charge on any atom is 0.270 e. The molecule has 0 N–H and O–H groups in total. The molecular formula is C20H16N3O5S-. The number of carboxylic acids is 1. The summed E-state index contributed by atoms with van der Waals surface area (Å²) in [6.45, 7) is 1.63. The Bertz CT molecular complexity index is 1090. The molecule has 0 unspecified atom stereocenters. The van der Waals surface area contributed by atoms with E-state index >= 15 is 0 Å². The first-order valence-corrected chi connectivity index (χ1v) is 9.83. The third-order valence-corrected chi connectivity index (χ3v) is 5.48. The highest BCUT2D eigenvalue weighted by molar-refractivity contribution is 8.03. The lowest BCUT2D eigenvalue weighted by atomic mass is 10.1. The Morgan fingerprint density at radius 1 is 1.21 bits per heavy atom. The van der Waals surface area contributed by atoms with Gasteiger partial charge in [0.1, 0.15) is 5.52 Å². The summed E-state index contributed by atoms with van der Waals surface area (Å²) in [6, 6.07) is 11.6. The van der Waals surface area contributed by atoms with Crippen LogP contribution in [-0.4, -0.2) is 29.0 Å². The maximum absolute atomic E-state index is 11.8. The van der Waals surface area contributed by atoms with E-state index < -0.39 is 10.9 Å². The first-order valence-electron chi connectivity index (χ1n) is 9.01. The quantitative estimate of drug-likeness (QED) is 0.263. The largest absolute Gasteiger partial charge is 0.544 e. The molecule has 1 aromatic heterocycles. The van der Waals surface area contributed by atoms with E-state index in [1.54, 1.807) is 30.3 Å². The lowest BCUT2D eigenvalue weighted by molar-refractivity contribution is -0.384. The van der Waals surface area contributed by atoms with E-state index in [1.807, 2.05) is 0 Å². The van der Waals surface area contributed by atoms with Gasteiger partial charge in [0.2, 0.25) is 0 Å². The van der Waals surface area contributed by atoms with Crippen LogP contribution in [0.25, 0.3) is 17.2 Å². The van der Waals surface area contributed by atoms with Gasteiger partial charge in [-0.3, -0.25) is 10.1 Å². The van der Waals surface area contributed by atoms with E-state index in [0.29, 0.717) is 16.7 Å². The van der Waals surface area contributed by atoms with E-state index in [4.69, 9.17) is 4.42 Å². The molecule has 0 amide bonds. The summed E-state index contributed by atoms with van der Waals surface area (Å²) in [5.41, 5.74) is 2.25. The SMILES string of the molecule is O=C([O-])/C(=C\c1cc([N+](=O)[O-])ccc1N1CCCC1)Sc1nc2ccccc2o1. The number of carboxylic acid groups (broad SMARTS) is 1. The highest BCUT2D eigenvalue weighted by Crippen LogP contribution is 2.34. The Hall–Kier alpha value is -3.33. The average Bonchev–Trinajstić information content (AvgIpc) is 3.36. The number of thioether (sulfide) groups is 1. The van der Waals surface area contributed by atoms with Gasteiger partial charge < -0.3 is 19.2 Å². The Labute approximate surface area is 170 Å². The number of rotatable bonds is 6. The molecule has 0 atom stereocenters. The number of nitro groups is 1. The summed E-state index contributed by atoms with van der Waals surface area (Å²) in [6.07, 6.45) is 3.42. The lowest BCUT2D eigenvalue weighted by Crippen LogP contribution is -2.23. The first-order chi connectivity index (χ1) is 14.0. The second-order valence-electron chi connectivity index (χ2n) is 6.54. The zero-order valence-corrected chi connectivity index (χ0v) is 16.1. The predicted molar refractivity (Wildman–Crippen MR) is 107 cm³/mol. The van der Waals surface area contributed by atoms with Gasteiger partial charge in [0.15, 0.2) is 5.58 Å². The molecule has 0 bridgehead atoms. The Balaban J connectivity index is 1.74. The monoisotopic (exact) mass is 410 g/mol. The van der Waals surface area contributed by atoms with Gasteiger partial charge in [-0.15, -0.1) is 0 Å². The summed E-state index contributed by atoms with van der Waals surface area (Å²) in [7, 11) is 0. The van der Waals surface area contributed by atoms with Crippen molar-refractivity contribution in [3.05, 3.63) is 63.0 Å². The van der Waals surface area contributed by atoms with Gasteiger partial charge in [-0.05, 0) is 48.9 Å². The molecule has 1 aliphatic rings. The van der Waals surface area contributed by atoms with Crippen LogP contribution in [0.1, 0.15) is 18.4 Å². The van der Waals surface area contributed by atoms with Crippen molar-refractivity contribution in [2.45, 2.75) is 18.1 Å². The number of fused-ring (bicyclic) bond motifs is 1. The van der Waals surface area contributed by atoms with Crippen molar-refractivity contribution in [2.75, 3.05) is 18.0 Å². The molecule has 4 rings (SSSR count). The first kappa shape index (κ1) is 19.0. The second-order valence-corrected chi connectivity index (χ2v) is 7.53. The standard InChI is InChI=1S/C20H17N3O5S/c24-19(25)18(29-20-21-15-5-1-2-6-17(15)28-20)12-13-11-14(23(26)27)7-8-16(13)22-9-3-4-10-22/h1-2,5-8,11-12H,3-4,9-10H2,(H,24,25)/p-1/b18-12+. The fourth-order valence-corrected chi connectivity index (χ4v) is 4.01. The van der Waals surface area contributed by atoms with Crippen LogP contribution in [0.15, 0.2) is 57.0 Å². The number of hydrogen-bond donors (Lipinski definition) is 0.